The fraction of sp³-hybridized carbons (Fsp3) is 0.593. The molecule has 0 saturated carbocycles. The summed E-state index contributed by atoms with van der Waals surface area (Å²) in [6.07, 6.45) is 2.84. The average Bonchev–Trinajstić information content (AvgIpc) is 3.64. The van der Waals surface area contributed by atoms with Gasteiger partial charge >= 0.3 is 13.1 Å². The van der Waals surface area contributed by atoms with Gasteiger partial charge < -0.3 is 30.0 Å². The highest BCUT2D eigenvalue weighted by Crippen LogP contribution is 2.35. The number of halogens is 2. The first-order valence-corrected chi connectivity index (χ1v) is 13.6. The normalized spacial score (nSPS) is 20.7. The van der Waals surface area contributed by atoms with Crippen LogP contribution in [0.1, 0.15) is 45.1 Å². The van der Waals surface area contributed by atoms with Crippen molar-refractivity contribution in [2.45, 2.75) is 69.4 Å². The van der Waals surface area contributed by atoms with Gasteiger partial charge in [-0.25, -0.2) is 13.6 Å². The Kier molecular flexibility index (Phi) is 9.02. The number of hydrogen-bond acceptors (Lipinski definition) is 7. The van der Waals surface area contributed by atoms with Crippen molar-refractivity contribution < 1.29 is 32.8 Å². The maximum atomic E-state index is 13.8. The molecule has 2 aromatic rings. The topological polar surface area (TPSA) is 142 Å². The lowest BCUT2D eigenvalue weighted by Gasteiger charge is -2.37. The molecular weight excluding hydrogens is 523 g/mol. The van der Waals surface area contributed by atoms with Crippen LogP contribution in [0.5, 0.6) is 0 Å². The van der Waals surface area contributed by atoms with Crippen LogP contribution < -0.4 is 10.6 Å². The van der Waals surface area contributed by atoms with Gasteiger partial charge in [-0.2, -0.15) is 5.26 Å². The number of nitriles is 1. The van der Waals surface area contributed by atoms with E-state index in [0.717, 1.165) is 5.39 Å². The number of furan rings is 1. The summed E-state index contributed by atoms with van der Waals surface area (Å²) in [5, 5.41) is 35.6. The molecule has 0 bridgehead atoms. The number of benzene rings is 1. The summed E-state index contributed by atoms with van der Waals surface area (Å²) in [5.74, 6) is -5.16. The maximum absolute atomic E-state index is 13.8. The average molecular weight is 559 g/mol. The highest BCUT2D eigenvalue weighted by Gasteiger charge is 2.45. The number of nitrogens with one attached hydrogen (secondary N) is 2. The van der Waals surface area contributed by atoms with Crippen LogP contribution in [0, 0.1) is 17.2 Å². The Morgan fingerprint density at radius 1 is 1.30 bits per heavy atom. The number of nitrogens with zero attached hydrogens (tertiary/aromatic N) is 3. The molecule has 3 heterocycles. The van der Waals surface area contributed by atoms with Gasteiger partial charge in [0.2, 0.25) is 5.91 Å². The lowest BCUT2D eigenvalue weighted by Crippen LogP contribution is -2.53. The van der Waals surface area contributed by atoms with Crippen LogP contribution in [0.15, 0.2) is 34.9 Å². The van der Waals surface area contributed by atoms with E-state index in [1.807, 2.05) is 18.2 Å². The first-order chi connectivity index (χ1) is 18.9. The van der Waals surface area contributed by atoms with Crippen LogP contribution >= 0.6 is 0 Å². The number of fused-ring (bicyclic) bond motifs is 1. The minimum atomic E-state index is -2.77. The number of amides is 3. The molecule has 216 valence electrons. The number of carbonyl (C=O) groups is 2. The molecular formula is C27H36BF2N5O5. The molecule has 2 aliphatic rings. The predicted octanol–water partition coefficient (Wildman–Crippen LogP) is 2.30. The third-order valence-corrected chi connectivity index (χ3v) is 8.02. The van der Waals surface area contributed by atoms with E-state index in [9.17, 15) is 33.7 Å². The Morgan fingerprint density at radius 2 is 2.05 bits per heavy atom. The van der Waals surface area contributed by atoms with Gasteiger partial charge in [-0.3, -0.25) is 9.69 Å². The van der Waals surface area contributed by atoms with Gasteiger partial charge in [-0.15, -0.1) is 0 Å². The second kappa shape index (κ2) is 12.1. The number of likely N-dealkylation sites (tertiary alicyclic amines) is 2. The number of urea groups is 1. The summed E-state index contributed by atoms with van der Waals surface area (Å²) >= 11 is 0. The van der Waals surface area contributed by atoms with Crippen LogP contribution in [0.25, 0.3) is 11.0 Å². The van der Waals surface area contributed by atoms with E-state index < -0.39 is 43.0 Å². The van der Waals surface area contributed by atoms with Gasteiger partial charge in [0.25, 0.3) is 5.92 Å². The Labute approximate surface area is 232 Å². The van der Waals surface area contributed by atoms with Gasteiger partial charge in [-0.05, 0) is 51.2 Å². The monoisotopic (exact) mass is 559 g/mol. The highest BCUT2D eigenvalue weighted by molar-refractivity contribution is 6.43. The van der Waals surface area contributed by atoms with Crippen LogP contribution in [0.2, 0.25) is 0 Å². The second-order valence-corrected chi connectivity index (χ2v) is 11.4. The SMILES string of the molecule is CC(C)(CC(C#N)C(=O)N1CCC[C@@H]1CNC(=O)N[C@@H](Cc1coc2ccccc12)B(O)O)N1CCC(F)(F)C1. The van der Waals surface area contributed by atoms with Crippen LogP contribution in [0.3, 0.4) is 0 Å². The largest absolute Gasteiger partial charge is 0.475 e. The fourth-order valence-electron chi connectivity index (χ4n) is 5.70. The molecule has 0 aliphatic carbocycles. The first kappa shape index (κ1) is 29.8. The fourth-order valence-corrected chi connectivity index (χ4v) is 5.70. The molecule has 3 amide bonds. The predicted molar refractivity (Wildman–Crippen MR) is 144 cm³/mol. The Bertz CT molecular complexity index is 1250. The standard InChI is InChI=1S/C27H36BF2N5O5/c1-26(2,34-11-9-27(29,30)17-34)13-19(14-31)24(36)35-10-5-6-20(35)15-32-25(37)33-23(28(38)39)12-18-16-40-22-8-4-3-7-21(18)22/h3-4,7-8,16,19-20,23,38-39H,5-6,9-13,15,17H2,1-2H3,(H2,32,33,37)/t19?,20-,23+/m1/s1. The molecule has 0 spiro atoms. The van der Waals surface area contributed by atoms with Crippen molar-refractivity contribution in [3.8, 4) is 6.07 Å². The number of alkyl halides is 2. The molecule has 2 saturated heterocycles. The summed E-state index contributed by atoms with van der Waals surface area (Å²) in [4.78, 5) is 29.2. The molecule has 2 aliphatic heterocycles. The summed E-state index contributed by atoms with van der Waals surface area (Å²) in [6, 6.07) is 8.40. The maximum Gasteiger partial charge on any atom is 0.475 e. The smallest absolute Gasteiger partial charge is 0.464 e. The Morgan fingerprint density at radius 3 is 2.73 bits per heavy atom. The van der Waals surface area contributed by atoms with Gasteiger partial charge in [0, 0.05) is 43.0 Å². The third kappa shape index (κ3) is 6.92. The molecule has 2 fully saturated rings. The minimum absolute atomic E-state index is 0.111. The van der Waals surface area contributed by atoms with Gasteiger partial charge in [-0.1, -0.05) is 18.2 Å². The van der Waals surface area contributed by atoms with Crippen molar-refractivity contribution in [2.24, 2.45) is 5.92 Å². The summed E-state index contributed by atoms with van der Waals surface area (Å²) in [7, 11) is -1.82. The van der Waals surface area contributed by atoms with E-state index in [1.54, 1.807) is 29.7 Å². The zero-order chi connectivity index (χ0) is 29.1. The van der Waals surface area contributed by atoms with E-state index in [-0.39, 0.29) is 44.3 Å². The van der Waals surface area contributed by atoms with Crippen molar-refractivity contribution in [3.63, 3.8) is 0 Å². The molecule has 40 heavy (non-hydrogen) atoms. The molecule has 3 atom stereocenters. The van der Waals surface area contributed by atoms with E-state index in [4.69, 9.17) is 4.42 Å². The van der Waals surface area contributed by atoms with Gasteiger partial charge in [0.1, 0.15) is 11.5 Å². The Balaban J connectivity index is 1.32. The third-order valence-electron chi connectivity index (χ3n) is 8.02. The van der Waals surface area contributed by atoms with Crippen LogP contribution in [-0.4, -0.2) is 88.5 Å². The molecule has 10 nitrogen and oxygen atoms in total. The van der Waals surface area contributed by atoms with Crippen molar-refractivity contribution in [2.75, 3.05) is 26.2 Å². The molecule has 0 radical (unpaired) electrons. The molecule has 4 N–H and O–H groups in total. The zero-order valence-corrected chi connectivity index (χ0v) is 22.8. The van der Waals surface area contributed by atoms with E-state index in [0.29, 0.717) is 30.5 Å². The molecule has 1 unspecified atom stereocenters. The van der Waals surface area contributed by atoms with E-state index in [2.05, 4.69) is 16.7 Å². The number of rotatable bonds is 10. The second-order valence-electron chi connectivity index (χ2n) is 11.4. The highest BCUT2D eigenvalue weighted by atomic mass is 19.3. The lowest BCUT2D eigenvalue weighted by molar-refractivity contribution is -0.135. The van der Waals surface area contributed by atoms with Crippen LogP contribution in [0.4, 0.5) is 13.6 Å². The van der Waals surface area contributed by atoms with Crippen molar-refractivity contribution in [3.05, 3.63) is 36.1 Å². The number of carbonyl (C=O) groups excluding carboxylic acids is 2. The lowest BCUT2D eigenvalue weighted by atomic mass is 9.76. The zero-order valence-electron chi connectivity index (χ0n) is 22.8. The first-order valence-electron chi connectivity index (χ1n) is 13.6. The summed E-state index contributed by atoms with van der Waals surface area (Å²) < 4.78 is 33.0. The van der Waals surface area contributed by atoms with Gasteiger partial charge in [0.15, 0.2) is 0 Å². The Hall–Kier alpha value is -3.21. The van der Waals surface area contributed by atoms with Crippen LogP contribution in [-0.2, 0) is 11.2 Å². The molecule has 4 rings (SSSR count). The van der Waals surface area contributed by atoms with Crippen molar-refractivity contribution in [1.82, 2.24) is 20.4 Å². The molecule has 13 heteroatoms. The van der Waals surface area contributed by atoms with Gasteiger partial charge in [0.05, 0.1) is 24.8 Å². The molecule has 1 aromatic heterocycles. The number of hydrogen-bond donors (Lipinski definition) is 4. The number of para-hydroxylation sites is 1. The quantitative estimate of drug-likeness (QED) is 0.328. The van der Waals surface area contributed by atoms with Crippen molar-refractivity contribution in [1.29, 1.82) is 5.26 Å². The summed E-state index contributed by atoms with van der Waals surface area (Å²) in [5.41, 5.74) is 0.602. The van der Waals surface area contributed by atoms with Crippen molar-refractivity contribution >= 4 is 30.0 Å². The summed E-state index contributed by atoms with van der Waals surface area (Å²) in [6.45, 7) is 3.91. The molecule has 1 aromatic carbocycles. The minimum Gasteiger partial charge on any atom is -0.464 e. The van der Waals surface area contributed by atoms with E-state index in [1.165, 1.54) is 6.26 Å². The van der Waals surface area contributed by atoms with E-state index >= 15 is 0 Å².